The Morgan fingerprint density at radius 3 is 2.28 bits per heavy atom. The molecule has 4 atom stereocenters. The largest absolute Gasteiger partial charge is 0.472 e. The van der Waals surface area contributed by atoms with E-state index >= 15 is 0 Å². The SMILES string of the molecule is CC(C)N1C(=O)N(Cc2ccoc2)C(=O)C12CC1CCC(C2)N1C[C@H]1CN(C(=O)CC(C)(C)C)C[C@@H]1c1ccccc1.Cl. The average Bonchev–Trinajstić information content (AvgIpc) is 3.68. The zero-order valence-corrected chi connectivity index (χ0v) is 27.0. The lowest BCUT2D eigenvalue weighted by atomic mass is 9.79. The fourth-order valence-corrected chi connectivity index (χ4v) is 8.33. The predicted octanol–water partition coefficient (Wildman–Crippen LogP) is 5.92. The van der Waals surface area contributed by atoms with Crippen molar-refractivity contribution >= 4 is 30.3 Å². The van der Waals surface area contributed by atoms with Gasteiger partial charge in [0.2, 0.25) is 5.91 Å². The van der Waals surface area contributed by atoms with E-state index in [9.17, 15) is 14.4 Å². The summed E-state index contributed by atoms with van der Waals surface area (Å²) in [6, 6.07) is 12.7. The second kappa shape index (κ2) is 11.9. The zero-order valence-electron chi connectivity index (χ0n) is 26.2. The van der Waals surface area contributed by atoms with E-state index in [1.807, 2.05) is 24.8 Å². The van der Waals surface area contributed by atoms with Gasteiger partial charge in [0.05, 0.1) is 19.1 Å². The van der Waals surface area contributed by atoms with E-state index in [1.165, 1.54) is 10.5 Å². The first-order valence-electron chi connectivity index (χ1n) is 15.7. The van der Waals surface area contributed by atoms with Crippen LogP contribution in [0, 0.1) is 11.3 Å². The zero-order chi connectivity index (χ0) is 29.8. The Morgan fingerprint density at radius 1 is 1.02 bits per heavy atom. The van der Waals surface area contributed by atoms with E-state index in [4.69, 9.17) is 4.42 Å². The summed E-state index contributed by atoms with van der Waals surface area (Å²) in [5.41, 5.74) is 1.29. The number of piperidine rings is 1. The molecule has 234 valence electrons. The number of furan rings is 1. The van der Waals surface area contributed by atoms with Gasteiger partial charge in [0.25, 0.3) is 5.91 Å². The van der Waals surface area contributed by atoms with Gasteiger partial charge in [0.1, 0.15) is 5.54 Å². The van der Waals surface area contributed by atoms with Gasteiger partial charge in [-0.1, -0.05) is 51.1 Å². The molecule has 6 rings (SSSR count). The normalized spacial score (nSPS) is 29.3. The number of urea groups is 1. The van der Waals surface area contributed by atoms with Crippen molar-refractivity contribution in [3.05, 3.63) is 60.1 Å². The minimum absolute atomic E-state index is 0. The van der Waals surface area contributed by atoms with Crippen molar-refractivity contribution < 1.29 is 18.8 Å². The van der Waals surface area contributed by atoms with Gasteiger partial charge in [-0.15, -0.1) is 12.4 Å². The van der Waals surface area contributed by atoms with Crippen LogP contribution in [0.4, 0.5) is 4.79 Å². The summed E-state index contributed by atoms with van der Waals surface area (Å²) in [5.74, 6) is 0.804. The molecule has 4 fully saturated rings. The van der Waals surface area contributed by atoms with Crippen LogP contribution < -0.4 is 0 Å². The Labute approximate surface area is 262 Å². The molecule has 2 aromatic rings. The van der Waals surface area contributed by atoms with Gasteiger partial charge in [-0.05, 0) is 62.5 Å². The number of fused-ring (bicyclic) bond motifs is 2. The summed E-state index contributed by atoms with van der Waals surface area (Å²) < 4.78 is 5.22. The third-order valence-electron chi connectivity index (χ3n) is 10.0. The lowest BCUT2D eigenvalue weighted by Gasteiger charge is -2.48. The maximum absolute atomic E-state index is 14.1. The first kappa shape index (κ1) is 31.6. The van der Waals surface area contributed by atoms with Gasteiger partial charge < -0.3 is 14.2 Å². The third-order valence-corrected chi connectivity index (χ3v) is 10.0. The van der Waals surface area contributed by atoms with Crippen LogP contribution in [0.3, 0.4) is 0 Å². The quantitative estimate of drug-likeness (QED) is 0.364. The molecule has 0 saturated carbocycles. The van der Waals surface area contributed by atoms with E-state index in [-0.39, 0.29) is 66.3 Å². The van der Waals surface area contributed by atoms with Crippen LogP contribution in [-0.4, -0.2) is 80.7 Å². The number of imide groups is 1. The standard InChI is InChI=1S/C34H46N4O4.ClH/c1-23(2)38-32(41)37(18-24-13-14-42-22-24)31(40)34(38)15-27-11-12-28(16-34)36(27)20-26-19-35(30(39)17-33(3,4)5)21-29(26)25-9-7-6-8-10-25;/h6-10,13-14,22-23,26-29H,11-12,15-21H2,1-5H3;1H/t26-,27?,28?,29-,34?;/m1./s1. The van der Waals surface area contributed by atoms with E-state index in [2.05, 4.69) is 60.9 Å². The van der Waals surface area contributed by atoms with Crippen molar-refractivity contribution in [1.82, 2.24) is 19.6 Å². The molecule has 0 radical (unpaired) electrons. The molecule has 1 spiro atoms. The van der Waals surface area contributed by atoms with Crippen molar-refractivity contribution in [2.75, 3.05) is 19.6 Å². The van der Waals surface area contributed by atoms with Gasteiger partial charge >= 0.3 is 6.03 Å². The average molecular weight is 611 g/mol. The number of amides is 4. The highest BCUT2D eigenvalue weighted by atomic mass is 35.5. The van der Waals surface area contributed by atoms with Gasteiger partial charge in [0.15, 0.2) is 0 Å². The molecule has 2 bridgehead atoms. The molecule has 8 nitrogen and oxygen atoms in total. The lowest BCUT2D eigenvalue weighted by molar-refractivity contribution is -0.138. The topological polar surface area (TPSA) is 77.3 Å². The summed E-state index contributed by atoms with van der Waals surface area (Å²) >= 11 is 0. The molecule has 1 aromatic carbocycles. The van der Waals surface area contributed by atoms with Crippen LogP contribution in [0.1, 0.15) is 83.8 Å². The smallest absolute Gasteiger partial charge is 0.328 e. The van der Waals surface area contributed by atoms with Crippen LogP contribution in [0.25, 0.3) is 0 Å². The van der Waals surface area contributed by atoms with Crippen LogP contribution in [0.2, 0.25) is 0 Å². The first-order valence-corrected chi connectivity index (χ1v) is 15.7. The maximum atomic E-state index is 14.1. The maximum Gasteiger partial charge on any atom is 0.328 e. The highest BCUT2D eigenvalue weighted by Crippen LogP contribution is 2.49. The summed E-state index contributed by atoms with van der Waals surface area (Å²) in [6.45, 7) is 13.1. The van der Waals surface area contributed by atoms with Crippen LogP contribution in [0.5, 0.6) is 0 Å². The number of hydrogen-bond acceptors (Lipinski definition) is 5. The number of hydrogen-bond donors (Lipinski definition) is 0. The fourth-order valence-electron chi connectivity index (χ4n) is 8.33. The van der Waals surface area contributed by atoms with E-state index in [0.717, 1.165) is 38.0 Å². The monoisotopic (exact) mass is 610 g/mol. The number of halogens is 1. The lowest BCUT2D eigenvalue weighted by Crippen LogP contribution is -2.62. The summed E-state index contributed by atoms with van der Waals surface area (Å²) in [5, 5.41) is 0. The van der Waals surface area contributed by atoms with E-state index in [0.29, 0.717) is 25.2 Å². The highest BCUT2D eigenvalue weighted by Gasteiger charge is 2.63. The molecular formula is C34H47ClN4O4. The number of carbonyl (C=O) groups is 3. The molecule has 0 N–H and O–H groups in total. The van der Waals surface area contributed by atoms with Crippen molar-refractivity contribution in [2.24, 2.45) is 11.3 Å². The number of carbonyl (C=O) groups excluding carboxylic acids is 3. The molecule has 1 aromatic heterocycles. The molecule has 9 heteroatoms. The van der Waals surface area contributed by atoms with Crippen LogP contribution >= 0.6 is 12.4 Å². The van der Waals surface area contributed by atoms with Crippen molar-refractivity contribution in [3.63, 3.8) is 0 Å². The Kier molecular flexibility index (Phi) is 8.76. The molecule has 4 amide bonds. The minimum Gasteiger partial charge on any atom is -0.472 e. The number of nitrogens with zero attached hydrogens (tertiary/aromatic N) is 4. The minimum atomic E-state index is -0.791. The van der Waals surface area contributed by atoms with Crippen molar-refractivity contribution in [2.45, 2.75) is 103 Å². The fraction of sp³-hybridized carbons (Fsp3) is 0.618. The number of rotatable bonds is 7. The Bertz CT molecular complexity index is 1290. The van der Waals surface area contributed by atoms with E-state index in [1.54, 1.807) is 12.5 Å². The molecule has 5 heterocycles. The summed E-state index contributed by atoms with van der Waals surface area (Å²) in [7, 11) is 0. The molecule has 43 heavy (non-hydrogen) atoms. The second-order valence-corrected chi connectivity index (χ2v) is 14.6. The summed E-state index contributed by atoms with van der Waals surface area (Å²) in [6.07, 6.45) is 7.16. The van der Waals surface area contributed by atoms with Gasteiger partial charge in [-0.2, -0.15) is 0 Å². The molecular weight excluding hydrogens is 564 g/mol. The molecule has 4 aliphatic rings. The first-order chi connectivity index (χ1) is 20.0. The molecule has 2 unspecified atom stereocenters. The second-order valence-electron chi connectivity index (χ2n) is 14.6. The van der Waals surface area contributed by atoms with E-state index < -0.39 is 5.54 Å². The van der Waals surface area contributed by atoms with Crippen molar-refractivity contribution in [3.8, 4) is 0 Å². The Morgan fingerprint density at radius 2 is 1.70 bits per heavy atom. The van der Waals surface area contributed by atoms with Crippen LogP contribution in [-0.2, 0) is 16.1 Å². The predicted molar refractivity (Wildman–Crippen MR) is 168 cm³/mol. The van der Waals surface area contributed by atoms with Crippen molar-refractivity contribution in [1.29, 1.82) is 0 Å². The highest BCUT2D eigenvalue weighted by molar-refractivity contribution is 6.07. The third kappa shape index (κ3) is 5.85. The van der Waals surface area contributed by atoms with Gasteiger partial charge in [-0.25, -0.2) is 4.79 Å². The van der Waals surface area contributed by atoms with Gasteiger partial charge in [0, 0.05) is 55.7 Å². The molecule has 4 saturated heterocycles. The number of benzene rings is 1. The number of likely N-dealkylation sites (tertiary alicyclic amines) is 1. The molecule has 4 aliphatic heterocycles. The molecule has 0 aliphatic carbocycles. The van der Waals surface area contributed by atoms with Crippen LogP contribution in [0.15, 0.2) is 53.3 Å². The van der Waals surface area contributed by atoms with Gasteiger partial charge in [-0.3, -0.25) is 19.4 Å². The Hall–Kier alpha value is -2.84. The Balaban J connectivity index is 0.00000368. The summed E-state index contributed by atoms with van der Waals surface area (Å²) in [4.78, 5) is 49.2.